The Morgan fingerprint density at radius 1 is 1.16 bits per heavy atom. The zero-order valence-corrected chi connectivity index (χ0v) is 11.9. The van der Waals surface area contributed by atoms with Gasteiger partial charge in [0.25, 0.3) is 0 Å². The van der Waals surface area contributed by atoms with Gasteiger partial charge in [-0.1, -0.05) is 24.3 Å². The number of rotatable bonds is 4. The molecule has 0 radical (unpaired) electrons. The number of carbonyl (C=O) groups excluding carboxylic acids is 2. The predicted octanol–water partition coefficient (Wildman–Crippen LogP) is 2.96. The van der Waals surface area contributed by atoms with Crippen LogP contribution in [-0.4, -0.2) is 24.0 Å². The predicted molar refractivity (Wildman–Crippen MR) is 74.4 cm³/mol. The van der Waals surface area contributed by atoms with Crippen LogP contribution >= 0.6 is 0 Å². The summed E-state index contributed by atoms with van der Waals surface area (Å²) < 4.78 is 5.13. The number of Topliss-reactive ketones (excluding diaryl/α,β-unsaturated/α-hetero) is 1. The fourth-order valence-electron chi connectivity index (χ4n) is 1.53. The third-order valence-electron chi connectivity index (χ3n) is 2.44. The second kappa shape index (κ2) is 6.36. The minimum atomic E-state index is -0.479. The van der Waals surface area contributed by atoms with Crippen LogP contribution in [0.5, 0.6) is 0 Å². The van der Waals surface area contributed by atoms with Crippen molar-refractivity contribution >= 4 is 11.9 Å². The first-order chi connectivity index (χ1) is 8.78. The molecular formula is C15H21NO3. The number of hydrogen-bond acceptors (Lipinski definition) is 3. The Morgan fingerprint density at radius 3 is 2.21 bits per heavy atom. The van der Waals surface area contributed by atoms with Crippen LogP contribution in [-0.2, 0) is 11.2 Å². The van der Waals surface area contributed by atoms with E-state index in [0.717, 1.165) is 5.56 Å². The molecule has 0 aliphatic heterocycles. The summed E-state index contributed by atoms with van der Waals surface area (Å²) in [5, 5.41) is 2.70. The van der Waals surface area contributed by atoms with Crippen molar-refractivity contribution in [1.82, 2.24) is 5.32 Å². The lowest BCUT2D eigenvalue weighted by molar-refractivity contribution is 0.0528. The number of hydrogen-bond donors (Lipinski definition) is 1. The van der Waals surface area contributed by atoms with Crippen LogP contribution in [0.25, 0.3) is 0 Å². The molecule has 0 aromatic heterocycles. The first kappa shape index (κ1) is 15.2. The molecule has 0 bridgehead atoms. The van der Waals surface area contributed by atoms with E-state index in [4.69, 9.17) is 4.74 Å². The summed E-state index contributed by atoms with van der Waals surface area (Å²) in [5.41, 5.74) is 1.29. The Morgan fingerprint density at radius 2 is 1.74 bits per heavy atom. The molecule has 0 heterocycles. The number of alkyl carbamates (subject to hydrolysis) is 1. The van der Waals surface area contributed by atoms with E-state index in [1.54, 1.807) is 19.1 Å². The van der Waals surface area contributed by atoms with E-state index in [0.29, 0.717) is 18.5 Å². The summed E-state index contributed by atoms with van der Waals surface area (Å²) in [5.74, 6) is 0.0541. The quantitative estimate of drug-likeness (QED) is 0.850. The second-order valence-corrected chi connectivity index (χ2v) is 5.43. The minimum Gasteiger partial charge on any atom is -0.444 e. The molecular weight excluding hydrogens is 242 g/mol. The van der Waals surface area contributed by atoms with Gasteiger partial charge in [-0.25, -0.2) is 4.79 Å². The highest BCUT2D eigenvalue weighted by atomic mass is 16.6. The average molecular weight is 263 g/mol. The fourth-order valence-corrected chi connectivity index (χ4v) is 1.53. The van der Waals surface area contributed by atoms with Gasteiger partial charge in [-0.15, -0.1) is 0 Å². The topological polar surface area (TPSA) is 55.4 Å². The number of ketones is 1. The molecule has 0 saturated heterocycles. The van der Waals surface area contributed by atoms with Crippen LogP contribution in [0.3, 0.4) is 0 Å². The van der Waals surface area contributed by atoms with Crippen molar-refractivity contribution in [3.8, 4) is 0 Å². The van der Waals surface area contributed by atoms with Crippen LogP contribution in [0.15, 0.2) is 24.3 Å². The number of ether oxygens (including phenoxy) is 1. The van der Waals surface area contributed by atoms with Gasteiger partial charge in [0.1, 0.15) is 5.60 Å². The maximum Gasteiger partial charge on any atom is 0.407 e. The van der Waals surface area contributed by atoms with Gasteiger partial charge in [0.2, 0.25) is 0 Å². The summed E-state index contributed by atoms with van der Waals surface area (Å²) in [6, 6.07) is 7.39. The third kappa shape index (κ3) is 6.04. The van der Waals surface area contributed by atoms with Gasteiger partial charge in [-0.05, 0) is 39.7 Å². The molecule has 1 N–H and O–H groups in total. The molecule has 4 nitrogen and oxygen atoms in total. The van der Waals surface area contributed by atoms with E-state index in [-0.39, 0.29) is 5.78 Å². The van der Waals surface area contributed by atoms with Crippen molar-refractivity contribution in [2.24, 2.45) is 0 Å². The molecule has 0 saturated carbocycles. The summed E-state index contributed by atoms with van der Waals surface area (Å²) >= 11 is 0. The van der Waals surface area contributed by atoms with Gasteiger partial charge in [0.05, 0.1) is 0 Å². The second-order valence-electron chi connectivity index (χ2n) is 5.43. The average Bonchev–Trinajstić information content (AvgIpc) is 2.27. The van der Waals surface area contributed by atoms with Crippen LogP contribution in [0.4, 0.5) is 4.79 Å². The maximum absolute atomic E-state index is 11.4. The molecule has 19 heavy (non-hydrogen) atoms. The SMILES string of the molecule is CC(=O)c1ccc(CCNC(=O)OC(C)(C)C)cc1. The van der Waals surface area contributed by atoms with Crippen molar-refractivity contribution in [3.63, 3.8) is 0 Å². The van der Waals surface area contributed by atoms with Crippen molar-refractivity contribution in [2.45, 2.75) is 39.7 Å². The zero-order chi connectivity index (χ0) is 14.5. The molecule has 0 spiro atoms. The first-order valence-electron chi connectivity index (χ1n) is 6.34. The molecule has 0 aliphatic carbocycles. The summed E-state index contributed by atoms with van der Waals surface area (Å²) in [6.45, 7) is 7.53. The van der Waals surface area contributed by atoms with E-state index in [9.17, 15) is 9.59 Å². The molecule has 1 aromatic carbocycles. The molecule has 0 unspecified atom stereocenters. The van der Waals surface area contributed by atoms with E-state index in [1.165, 1.54) is 0 Å². The standard InChI is InChI=1S/C15H21NO3/c1-11(17)13-7-5-12(6-8-13)9-10-16-14(18)19-15(2,3)4/h5-8H,9-10H2,1-4H3,(H,16,18). The fraction of sp³-hybridized carbons (Fsp3) is 0.467. The Hall–Kier alpha value is -1.84. The van der Waals surface area contributed by atoms with Crippen LogP contribution in [0.1, 0.15) is 43.6 Å². The Balaban J connectivity index is 2.37. The van der Waals surface area contributed by atoms with Crippen molar-refractivity contribution in [1.29, 1.82) is 0 Å². The molecule has 1 aromatic rings. The van der Waals surface area contributed by atoms with Crippen LogP contribution < -0.4 is 5.32 Å². The van der Waals surface area contributed by atoms with E-state index in [2.05, 4.69) is 5.32 Å². The summed E-state index contributed by atoms with van der Waals surface area (Å²) in [6.07, 6.45) is 0.296. The van der Waals surface area contributed by atoms with Gasteiger partial charge in [-0.3, -0.25) is 4.79 Å². The van der Waals surface area contributed by atoms with Crippen molar-refractivity contribution in [3.05, 3.63) is 35.4 Å². The van der Waals surface area contributed by atoms with Gasteiger partial charge in [0.15, 0.2) is 5.78 Å². The maximum atomic E-state index is 11.4. The normalized spacial score (nSPS) is 10.9. The Bertz CT molecular complexity index is 443. The highest BCUT2D eigenvalue weighted by Crippen LogP contribution is 2.07. The van der Waals surface area contributed by atoms with Crippen molar-refractivity contribution in [2.75, 3.05) is 6.54 Å². The van der Waals surface area contributed by atoms with E-state index < -0.39 is 11.7 Å². The lowest BCUT2D eigenvalue weighted by Gasteiger charge is -2.19. The zero-order valence-electron chi connectivity index (χ0n) is 11.9. The third-order valence-corrected chi connectivity index (χ3v) is 2.44. The summed E-state index contributed by atoms with van der Waals surface area (Å²) in [7, 11) is 0. The lowest BCUT2D eigenvalue weighted by atomic mass is 10.1. The van der Waals surface area contributed by atoms with Gasteiger partial charge in [-0.2, -0.15) is 0 Å². The van der Waals surface area contributed by atoms with Crippen LogP contribution in [0, 0.1) is 0 Å². The number of nitrogens with one attached hydrogen (secondary N) is 1. The number of amides is 1. The molecule has 104 valence electrons. The molecule has 0 aliphatic rings. The smallest absolute Gasteiger partial charge is 0.407 e. The highest BCUT2D eigenvalue weighted by molar-refractivity contribution is 5.93. The lowest BCUT2D eigenvalue weighted by Crippen LogP contribution is -2.33. The minimum absolute atomic E-state index is 0.0541. The van der Waals surface area contributed by atoms with Gasteiger partial charge >= 0.3 is 6.09 Å². The van der Waals surface area contributed by atoms with E-state index >= 15 is 0 Å². The van der Waals surface area contributed by atoms with Gasteiger partial charge in [0, 0.05) is 12.1 Å². The van der Waals surface area contributed by atoms with Gasteiger partial charge < -0.3 is 10.1 Å². The first-order valence-corrected chi connectivity index (χ1v) is 6.34. The largest absolute Gasteiger partial charge is 0.444 e. The molecule has 0 atom stereocenters. The van der Waals surface area contributed by atoms with E-state index in [1.807, 2.05) is 32.9 Å². The number of benzene rings is 1. The Kier molecular flexibility index (Phi) is 5.10. The Labute approximate surface area is 114 Å². The monoisotopic (exact) mass is 263 g/mol. The highest BCUT2D eigenvalue weighted by Gasteiger charge is 2.15. The van der Waals surface area contributed by atoms with Crippen molar-refractivity contribution < 1.29 is 14.3 Å². The molecule has 0 fully saturated rings. The molecule has 1 amide bonds. The molecule has 1 rings (SSSR count). The van der Waals surface area contributed by atoms with Crippen LogP contribution in [0.2, 0.25) is 0 Å². The summed E-state index contributed by atoms with van der Waals surface area (Å²) in [4.78, 5) is 22.5. The number of carbonyl (C=O) groups is 2. The molecule has 4 heteroatoms.